The van der Waals surface area contributed by atoms with E-state index in [1.54, 1.807) is 0 Å². The monoisotopic (exact) mass is 243 g/mol. The summed E-state index contributed by atoms with van der Waals surface area (Å²) >= 11 is 0. The van der Waals surface area contributed by atoms with Gasteiger partial charge < -0.3 is 14.8 Å². The molecule has 1 atom stereocenters. The molecule has 0 amide bonds. The van der Waals surface area contributed by atoms with Crippen molar-refractivity contribution in [1.82, 2.24) is 14.8 Å². The maximum atomic E-state index is 3.63. The first-order chi connectivity index (χ1) is 8.65. The lowest BCUT2D eigenvalue weighted by Gasteiger charge is -2.30. The smallest absolute Gasteiger partial charge is 0.0483 e. The molecule has 1 aromatic carbocycles. The van der Waals surface area contributed by atoms with Crippen LogP contribution < -0.4 is 5.32 Å². The van der Waals surface area contributed by atoms with E-state index < -0.39 is 0 Å². The number of nitrogens with one attached hydrogen (secondary N) is 1. The van der Waals surface area contributed by atoms with Crippen LogP contribution in [-0.4, -0.2) is 36.1 Å². The van der Waals surface area contributed by atoms with E-state index in [4.69, 9.17) is 0 Å². The van der Waals surface area contributed by atoms with Crippen LogP contribution in [0.4, 0.5) is 0 Å². The molecule has 1 fully saturated rings. The van der Waals surface area contributed by atoms with Crippen LogP contribution >= 0.6 is 0 Å². The summed E-state index contributed by atoms with van der Waals surface area (Å²) in [6.07, 6.45) is 2.28. The Morgan fingerprint density at radius 1 is 1.28 bits per heavy atom. The Bertz CT molecular complexity index is 570. The predicted octanol–water partition coefficient (Wildman–Crippen LogP) is 2.06. The number of aryl methyl sites for hydroxylation is 2. The highest BCUT2D eigenvalue weighted by Crippen LogP contribution is 2.28. The summed E-state index contributed by atoms with van der Waals surface area (Å²) in [5.41, 5.74) is 4.09. The van der Waals surface area contributed by atoms with E-state index in [-0.39, 0.29) is 0 Å². The van der Waals surface area contributed by atoms with Gasteiger partial charge in [0.15, 0.2) is 0 Å². The van der Waals surface area contributed by atoms with Crippen molar-refractivity contribution in [3.63, 3.8) is 0 Å². The van der Waals surface area contributed by atoms with Crippen molar-refractivity contribution >= 4 is 10.9 Å². The Kier molecular flexibility index (Phi) is 2.88. The third-order valence-electron chi connectivity index (χ3n) is 3.93. The maximum absolute atomic E-state index is 3.63. The van der Waals surface area contributed by atoms with Gasteiger partial charge in [0.25, 0.3) is 0 Å². The lowest BCUT2D eigenvalue weighted by atomic mass is 10.0. The summed E-state index contributed by atoms with van der Waals surface area (Å²) in [5, 5.41) is 5.02. The average molecular weight is 243 g/mol. The molecular formula is C15H21N3. The number of hydrogen-bond donors (Lipinski definition) is 1. The average Bonchev–Trinajstić information content (AvgIpc) is 2.67. The number of likely N-dealkylation sites (N-methyl/N-ethyl adjacent to an activating group) is 1. The van der Waals surface area contributed by atoms with Gasteiger partial charge in [-0.25, -0.2) is 0 Å². The summed E-state index contributed by atoms with van der Waals surface area (Å²) in [6, 6.07) is 7.19. The molecule has 0 radical (unpaired) electrons. The minimum absolute atomic E-state index is 0.454. The zero-order chi connectivity index (χ0) is 12.7. The second kappa shape index (κ2) is 4.41. The molecular weight excluding hydrogens is 222 g/mol. The number of fused-ring (bicyclic) bond motifs is 1. The van der Waals surface area contributed by atoms with Gasteiger partial charge in [-0.2, -0.15) is 0 Å². The minimum atomic E-state index is 0.454. The van der Waals surface area contributed by atoms with Crippen molar-refractivity contribution in [3.05, 3.63) is 35.5 Å². The van der Waals surface area contributed by atoms with Gasteiger partial charge in [-0.15, -0.1) is 0 Å². The van der Waals surface area contributed by atoms with Crippen molar-refractivity contribution in [3.8, 4) is 0 Å². The van der Waals surface area contributed by atoms with Crippen LogP contribution in [0.15, 0.2) is 24.4 Å². The molecule has 0 aliphatic carbocycles. The quantitative estimate of drug-likeness (QED) is 0.827. The van der Waals surface area contributed by atoms with E-state index in [9.17, 15) is 0 Å². The Labute approximate surface area is 108 Å². The summed E-state index contributed by atoms with van der Waals surface area (Å²) in [4.78, 5) is 2.40. The van der Waals surface area contributed by atoms with Crippen LogP contribution in [0, 0.1) is 6.92 Å². The fourth-order valence-electron chi connectivity index (χ4n) is 2.91. The zero-order valence-electron chi connectivity index (χ0n) is 11.4. The third kappa shape index (κ3) is 1.93. The number of rotatable bonds is 1. The summed E-state index contributed by atoms with van der Waals surface area (Å²) in [5.74, 6) is 0. The summed E-state index contributed by atoms with van der Waals surface area (Å²) < 4.78 is 2.24. The first-order valence-corrected chi connectivity index (χ1v) is 6.62. The Balaban J connectivity index is 2.06. The van der Waals surface area contributed by atoms with Crippen LogP contribution in [0.2, 0.25) is 0 Å². The Morgan fingerprint density at radius 3 is 2.89 bits per heavy atom. The number of nitrogens with zero attached hydrogens (tertiary/aromatic N) is 2. The molecule has 1 aromatic heterocycles. The van der Waals surface area contributed by atoms with Gasteiger partial charge in [-0.1, -0.05) is 12.1 Å². The van der Waals surface area contributed by atoms with Crippen LogP contribution in [0.3, 0.4) is 0 Å². The highest BCUT2D eigenvalue weighted by Gasteiger charge is 2.21. The molecule has 2 heterocycles. The molecule has 0 saturated carbocycles. The van der Waals surface area contributed by atoms with Crippen molar-refractivity contribution in [2.75, 3.05) is 26.7 Å². The number of piperazine rings is 1. The van der Waals surface area contributed by atoms with Gasteiger partial charge in [0.2, 0.25) is 0 Å². The second-order valence-electron chi connectivity index (χ2n) is 5.48. The van der Waals surface area contributed by atoms with Crippen LogP contribution in [0.25, 0.3) is 10.9 Å². The van der Waals surface area contributed by atoms with Gasteiger partial charge in [-0.05, 0) is 31.2 Å². The number of benzene rings is 1. The van der Waals surface area contributed by atoms with Crippen molar-refractivity contribution < 1.29 is 0 Å². The molecule has 3 nitrogen and oxygen atoms in total. The Morgan fingerprint density at radius 2 is 2.11 bits per heavy atom. The largest absolute Gasteiger partial charge is 0.350 e. The predicted molar refractivity (Wildman–Crippen MR) is 75.9 cm³/mol. The molecule has 0 spiro atoms. The number of aromatic nitrogens is 1. The molecule has 18 heavy (non-hydrogen) atoms. The molecule has 2 aromatic rings. The molecule has 1 saturated heterocycles. The topological polar surface area (TPSA) is 20.2 Å². The lowest BCUT2D eigenvalue weighted by Crippen LogP contribution is -2.43. The molecule has 1 N–H and O–H groups in total. The number of hydrogen-bond acceptors (Lipinski definition) is 2. The Hall–Kier alpha value is -1.32. The molecule has 3 rings (SSSR count). The zero-order valence-corrected chi connectivity index (χ0v) is 11.4. The van der Waals surface area contributed by atoms with Crippen LogP contribution in [0.1, 0.15) is 17.2 Å². The van der Waals surface area contributed by atoms with Gasteiger partial charge in [0.05, 0.1) is 0 Å². The van der Waals surface area contributed by atoms with Gasteiger partial charge >= 0.3 is 0 Å². The molecule has 0 bridgehead atoms. The van der Waals surface area contributed by atoms with E-state index >= 15 is 0 Å². The van der Waals surface area contributed by atoms with E-state index in [1.807, 2.05) is 0 Å². The summed E-state index contributed by atoms with van der Waals surface area (Å²) in [7, 11) is 4.33. The first-order valence-electron chi connectivity index (χ1n) is 6.62. The lowest BCUT2D eigenvalue weighted by molar-refractivity contribution is 0.241. The molecule has 1 aliphatic rings. The van der Waals surface area contributed by atoms with Gasteiger partial charge in [0.1, 0.15) is 0 Å². The normalized spacial score (nSPS) is 21.6. The highest BCUT2D eigenvalue weighted by atomic mass is 15.2. The second-order valence-corrected chi connectivity index (χ2v) is 5.48. The minimum Gasteiger partial charge on any atom is -0.350 e. The fraction of sp³-hybridized carbons (Fsp3) is 0.467. The molecule has 96 valence electrons. The standard InChI is InChI=1S/C15H21N3/c1-11-4-5-12-13(9-18(3)15(12)8-11)14-10-17(2)7-6-16-14/h4-5,8-9,14,16H,6-7,10H2,1-3H3. The maximum Gasteiger partial charge on any atom is 0.0483 e. The third-order valence-corrected chi connectivity index (χ3v) is 3.93. The van der Waals surface area contributed by atoms with Gasteiger partial charge in [0, 0.05) is 49.8 Å². The van der Waals surface area contributed by atoms with E-state index in [0.29, 0.717) is 6.04 Å². The molecule has 3 heteroatoms. The van der Waals surface area contributed by atoms with Crippen molar-refractivity contribution in [2.24, 2.45) is 7.05 Å². The first kappa shape index (κ1) is 11.8. The van der Waals surface area contributed by atoms with Crippen molar-refractivity contribution in [1.29, 1.82) is 0 Å². The summed E-state index contributed by atoms with van der Waals surface area (Å²) in [6.45, 7) is 5.45. The molecule has 1 unspecified atom stereocenters. The molecule has 1 aliphatic heterocycles. The van der Waals surface area contributed by atoms with E-state index in [1.165, 1.54) is 22.0 Å². The van der Waals surface area contributed by atoms with E-state index in [0.717, 1.165) is 19.6 Å². The van der Waals surface area contributed by atoms with Gasteiger partial charge in [-0.3, -0.25) is 0 Å². The SMILES string of the molecule is Cc1ccc2c(C3CN(C)CCN3)cn(C)c2c1. The van der Waals surface area contributed by atoms with Crippen LogP contribution in [0.5, 0.6) is 0 Å². The fourth-order valence-corrected chi connectivity index (χ4v) is 2.91. The highest BCUT2D eigenvalue weighted by molar-refractivity contribution is 5.85. The van der Waals surface area contributed by atoms with Crippen molar-refractivity contribution in [2.45, 2.75) is 13.0 Å². The van der Waals surface area contributed by atoms with Crippen LogP contribution in [-0.2, 0) is 7.05 Å². The van der Waals surface area contributed by atoms with E-state index in [2.05, 4.69) is 60.2 Å².